The fraction of sp³-hybridized carbons (Fsp3) is 0. The van der Waals surface area contributed by atoms with Crippen LogP contribution in [0.1, 0.15) is 0 Å². The molecule has 0 unspecified atom stereocenters. The summed E-state index contributed by atoms with van der Waals surface area (Å²) < 4.78 is 0. The van der Waals surface area contributed by atoms with Crippen molar-refractivity contribution in [3.05, 3.63) is 97.1 Å². The Morgan fingerprint density at radius 2 is 1.04 bits per heavy atom. The Kier molecular flexibility index (Phi) is 2.70. The highest BCUT2D eigenvalue weighted by molar-refractivity contribution is 6.25. The second-order valence-corrected chi connectivity index (χ2v) is 7.00. The third-order valence-electron chi connectivity index (χ3n) is 5.61. The molecule has 2 aliphatic rings. The van der Waals surface area contributed by atoms with Crippen molar-refractivity contribution in [3.63, 3.8) is 0 Å². The normalized spacial score (nSPS) is 11.8. The lowest BCUT2D eigenvalue weighted by atomic mass is 9.89. The van der Waals surface area contributed by atoms with Crippen molar-refractivity contribution in [1.29, 1.82) is 0 Å². The van der Waals surface area contributed by atoms with Crippen LogP contribution < -0.4 is 0 Å². The third-order valence-corrected chi connectivity index (χ3v) is 5.61. The topological polar surface area (TPSA) is 0 Å². The maximum atomic E-state index is 2.29. The lowest BCUT2D eigenvalue weighted by Crippen LogP contribution is -1.87. The molecule has 0 bridgehead atoms. The van der Waals surface area contributed by atoms with Crippen molar-refractivity contribution < 1.29 is 0 Å². The van der Waals surface area contributed by atoms with E-state index >= 15 is 0 Å². The molecule has 0 atom stereocenters. The SMILES string of the molecule is c1ccc2ccc(-c3ccc4ccc5cccc6ccc3c4c56)c-2cc1. The molecule has 4 aromatic rings. The summed E-state index contributed by atoms with van der Waals surface area (Å²) in [6, 6.07) is 35.4. The number of fused-ring (bicyclic) bond motifs is 1. The number of rotatable bonds is 1. The highest BCUT2D eigenvalue weighted by atomic mass is 14.2. The van der Waals surface area contributed by atoms with Gasteiger partial charge < -0.3 is 0 Å². The molecule has 0 aliphatic heterocycles. The van der Waals surface area contributed by atoms with Gasteiger partial charge in [0, 0.05) is 0 Å². The van der Waals surface area contributed by atoms with Gasteiger partial charge in [-0.15, -0.1) is 0 Å². The number of benzene rings is 4. The van der Waals surface area contributed by atoms with E-state index in [0.29, 0.717) is 0 Å². The Balaban J connectivity index is 1.77. The zero-order chi connectivity index (χ0) is 17.1. The first-order valence-electron chi connectivity index (χ1n) is 9.05. The number of hydrogen-bond acceptors (Lipinski definition) is 0. The molecule has 0 heterocycles. The summed E-state index contributed by atoms with van der Waals surface area (Å²) >= 11 is 0. The van der Waals surface area contributed by atoms with Crippen LogP contribution in [0.15, 0.2) is 97.1 Å². The van der Waals surface area contributed by atoms with Crippen molar-refractivity contribution in [3.8, 4) is 22.3 Å². The van der Waals surface area contributed by atoms with Crippen molar-refractivity contribution in [2.24, 2.45) is 0 Å². The fourth-order valence-corrected chi connectivity index (χ4v) is 4.42. The minimum absolute atomic E-state index is 1.29. The van der Waals surface area contributed by atoms with Gasteiger partial charge in [-0.25, -0.2) is 0 Å². The summed E-state index contributed by atoms with van der Waals surface area (Å²) in [5, 5.41) is 8.05. The van der Waals surface area contributed by atoms with E-state index in [1.54, 1.807) is 0 Å². The second-order valence-electron chi connectivity index (χ2n) is 7.00. The Labute approximate surface area is 152 Å². The van der Waals surface area contributed by atoms with Crippen molar-refractivity contribution in [2.45, 2.75) is 0 Å². The average Bonchev–Trinajstić information content (AvgIpc) is 2.93. The molecular weight excluding hydrogens is 312 g/mol. The van der Waals surface area contributed by atoms with Crippen LogP contribution in [0.3, 0.4) is 0 Å². The minimum atomic E-state index is 1.29. The molecule has 0 nitrogen and oxygen atoms in total. The summed E-state index contributed by atoms with van der Waals surface area (Å²) in [5.74, 6) is 0. The van der Waals surface area contributed by atoms with Gasteiger partial charge >= 0.3 is 0 Å². The van der Waals surface area contributed by atoms with Gasteiger partial charge in [-0.05, 0) is 54.6 Å². The van der Waals surface area contributed by atoms with Crippen molar-refractivity contribution in [1.82, 2.24) is 0 Å². The van der Waals surface area contributed by atoms with Gasteiger partial charge in [-0.1, -0.05) is 97.1 Å². The first kappa shape index (κ1) is 13.9. The first-order valence-corrected chi connectivity index (χ1v) is 9.05. The van der Waals surface area contributed by atoms with Gasteiger partial charge in [0.15, 0.2) is 0 Å². The molecule has 0 fully saturated rings. The van der Waals surface area contributed by atoms with E-state index in [4.69, 9.17) is 0 Å². The van der Waals surface area contributed by atoms with Crippen LogP contribution in [0.4, 0.5) is 0 Å². The third kappa shape index (κ3) is 1.79. The maximum Gasteiger partial charge on any atom is -0.00206 e. The summed E-state index contributed by atoms with van der Waals surface area (Å²) in [4.78, 5) is 0. The molecule has 2 aliphatic carbocycles. The molecule has 0 N–H and O–H groups in total. The predicted molar refractivity (Wildman–Crippen MR) is 112 cm³/mol. The maximum absolute atomic E-state index is 2.29. The lowest BCUT2D eigenvalue weighted by Gasteiger charge is -2.14. The zero-order valence-electron chi connectivity index (χ0n) is 14.2. The van der Waals surface area contributed by atoms with Crippen LogP contribution in [0, 0.1) is 0 Å². The summed E-state index contributed by atoms with van der Waals surface area (Å²) in [7, 11) is 0. The molecule has 0 radical (unpaired) electrons. The van der Waals surface area contributed by atoms with Gasteiger partial charge in [0.05, 0.1) is 0 Å². The Morgan fingerprint density at radius 1 is 0.346 bits per heavy atom. The molecule has 6 rings (SSSR count). The highest BCUT2D eigenvalue weighted by Crippen LogP contribution is 2.42. The average molecular weight is 328 g/mol. The molecule has 26 heavy (non-hydrogen) atoms. The largest absolute Gasteiger partial charge is 0.0622 e. The van der Waals surface area contributed by atoms with Crippen LogP contribution >= 0.6 is 0 Å². The van der Waals surface area contributed by atoms with Crippen LogP contribution in [-0.2, 0) is 0 Å². The second kappa shape index (κ2) is 5.06. The van der Waals surface area contributed by atoms with Gasteiger partial charge in [-0.3, -0.25) is 0 Å². The number of hydrogen-bond donors (Lipinski definition) is 0. The quantitative estimate of drug-likeness (QED) is 0.277. The zero-order valence-corrected chi connectivity index (χ0v) is 14.2. The van der Waals surface area contributed by atoms with E-state index < -0.39 is 0 Å². The Hall–Kier alpha value is -3.38. The van der Waals surface area contributed by atoms with E-state index in [2.05, 4.69) is 97.1 Å². The Bertz CT molecular complexity index is 1360. The van der Waals surface area contributed by atoms with Crippen molar-refractivity contribution in [2.75, 3.05) is 0 Å². The van der Waals surface area contributed by atoms with Crippen LogP contribution in [0.25, 0.3) is 54.6 Å². The van der Waals surface area contributed by atoms with Crippen LogP contribution in [-0.4, -0.2) is 0 Å². The predicted octanol–water partition coefficient (Wildman–Crippen LogP) is 7.36. The molecule has 0 saturated heterocycles. The van der Waals surface area contributed by atoms with Crippen LogP contribution in [0.5, 0.6) is 0 Å². The molecule has 0 saturated carbocycles. The smallest absolute Gasteiger partial charge is 0.00206 e. The summed E-state index contributed by atoms with van der Waals surface area (Å²) in [6.45, 7) is 0. The molecular formula is C26H16. The lowest BCUT2D eigenvalue weighted by molar-refractivity contribution is 1.74. The van der Waals surface area contributed by atoms with Gasteiger partial charge in [0.2, 0.25) is 0 Å². The standard InChI is InChI=1S/C26H16/c1-2-5-17-11-14-22(21(17)8-3-1)23-15-12-20-10-9-18-6-4-7-19-13-16-24(23)26(20)25(18)19/h1-16H. The first-order chi connectivity index (χ1) is 12.9. The van der Waals surface area contributed by atoms with E-state index in [1.165, 1.54) is 54.6 Å². The van der Waals surface area contributed by atoms with E-state index in [-0.39, 0.29) is 0 Å². The van der Waals surface area contributed by atoms with E-state index in [1.807, 2.05) is 0 Å². The molecule has 0 amide bonds. The van der Waals surface area contributed by atoms with Crippen LogP contribution in [0.2, 0.25) is 0 Å². The van der Waals surface area contributed by atoms with Crippen molar-refractivity contribution >= 4 is 32.3 Å². The van der Waals surface area contributed by atoms with E-state index in [9.17, 15) is 0 Å². The molecule has 0 spiro atoms. The molecule has 0 heteroatoms. The fourth-order valence-electron chi connectivity index (χ4n) is 4.42. The summed E-state index contributed by atoms with van der Waals surface area (Å²) in [5.41, 5.74) is 5.23. The summed E-state index contributed by atoms with van der Waals surface area (Å²) in [6.07, 6.45) is 0. The highest BCUT2D eigenvalue weighted by Gasteiger charge is 2.15. The molecule has 0 aromatic heterocycles. The monoisotopic (exact) mass is 328 g/mol. The molecule has 4 aromatic carbocycles. The minimum Gasteiger partial charge on any atom is -0.0622 e. The molecule has 120 valence electrons. The Morgan fingerprint density at radius 3 is 1.92 bits per heavy atom. The van der Waals surface area contributed by atoms with Gasteiger partial charge in [0.25, 0.3) is 0 Å². The van der Waals surface area contributed by atoms with Gasteiger partial charge in [-0.2, -0.15) is 0 Å². The van der Waals surface area contributed by atoms with Gasteiger partial charge in [0.1, 0.15) is 0 Å². The van der Waals surface area contributed by atoms with E-state index in [0.717, 1.165) is 0 Å².